The van der Waals surface area contributed by atoms with Gasteiger partial charge in [0, 0.05) is 34.5 Å². The third-order valence-electron chi connectivity index (χ3n) is 8.93. The maximum atomic E-state index is 4.96. The van der Waals surface area contributed by atoms with E-state index in [2.05, 4.69) is 137 Å². The van der Waals surface area contributed by atoms with Crippen molar-refractivity contribution in [2.45, 2.75) is 58.5 Å². The smallest absolute Gasteiger partial charge is 0.178 e. The Kier molecular flexibility index (Phi) is 5.33. The molecule has 0 fully saturated rings. The van der Waals surface area contributed by atoms with Gasteiger partial charge in [-0.15, -0.1) is 6.58 Å². The normalized spacial score (nSPS) is 21.5. The molecule has 2 aliphatic heterocycles. The van der Waals surface area contributed by atoms with E-state index in [-0.39, 0.29) is 22.4 Å². The van der Waals surface area contributed by atoms with Crippen LogP contribution in [0.2, 0.25) is 0 Å². The van der Waals surface area contributed by atoms with Crippen LogP contribution in [0.1, 0.15) is 52.7 Å². The number of benzene rings is 3. The molecule has 0 N–H and O–H groups in total. The van der Waals surface area contributed by atoms with Crippen LogP contribution < -0.4 is 9.80 Å². The van der Waals surface area contributed by atoms with Crippen LogP contribution in [-0.4, -0.2) is 16.1 Å². The summed E-state index contributed by atoms with van der Waals surface area (Å²) in [6, 6.07) is 26.2. The maximum absolute atomic E-state index is 4.96. The first kappa shape index (κ1) is 24.4. The number of rotatable bonds is 3. The molecule has 3 aromatic carbocycles. The van der Waals surface area contributed by atoms with Gasteiger partial charge in [0.15, 0.2) is 11.6 Å². The second-order valence-electron chi connectivity index (χ2n) is 12.3. The molecule has 0 aliphatic carbocycles. The monoisotopic (exact) mass is 500 g/mol. The van der Waals surface area contributed by atoms with Crippen LogP contribution in [0, 0.1) is 5.41 Å². The molecule has 4 nitrogen and oxygen atoms in total. The summed E-state index contributed by atoms with van der Waals surface area (Å²) in [6.07, 6.45) is 5.70. The lowest BCUT2D eigenvalue weighted by Gasteiger charge is -2.56. The second kappa shape index (κ2) is 8.29. The zero-order chi connectivity index (χ0) is 26.9. The number of fused-ring (bicyclic) bond motifs is 5. The van der Waals surface area contributed by atoms with E-state index in [9.17, 15) is 0 Å². The molecule has 2 aliphatic rings. The van der Waals surface area contributed by atoms with E-state index < -0.39 is 0 Å². The minimum absolute atomic E-state index is 0.0204. The van der Waals surface area contributed by atoms with Gasteiger partial charge in [0.05, 0.1) is 5.69 Å². The molecule has 0 bridgehead atoms. The van der Waals surface area contributed by atoms with Crippen molar-refractivity contribution in [2.75, 3.05) is 9.80 Å². The molecule has 4 heteroatoms. The van der Waals surface area contributed by atoms with Gasteiger partial charge in [-0.05, 0) is 34.2 Å². The van der Waals surface area contributed by atoms with E-state index >= 15 is 0 Å². The molecule has 38 heavy (non-hydrogen) atoms. The SMILES string of the molecule is C=CC1(C)c2ccc(C(C)(C)C)cc2N2c3nccnc3N(c3ccccc3-c3ccccc3)C2C1(C)C. The van der Waals surface area contributed by atoms with Gasteiger partial charge in [-0.1, -0.05) is 108 Å². The van der Waals surface area contributed by atoms with Crippen LogP contribution in [-0.2, 0) is 10.8 Å². The van der Waals surface area contributed by atoms with Crippen molar-refractivity contribution in [3.63, 3.8) is 0 Å². The Bertz CT molecular complexity index is 1530. The zero-order valence-electron chi connectivity index (χ0n) is 23.2. The molecule has 6 rings (SSSR count). The van der Waals surface area contributed by atoms with Crippen LogP contribution in [0.4, 0.5) is 23.0 Å². The Morgan fingerprint density at radius 1 is 0.789 bits per heavy atom. The number of hydrogen-bond acceptors (Lipinski definition) is 4. The molecule has 4 aromatic rings. The summed E-state index contributed by atoms with van der Waals surface area (Å²) >= 11 is 0. The third kappa shape index (κ3) is 3.29. The average Bonchev–Trinajstić information content (AvgIpc) is 3.28. The quantitative estimate of drug-likeness (QED) is 0.264. The van der Waals surface area contributed by atoms with Gasteiger partial charge < -0.3 is 9.80 Å². The van der Waals surface area contributed by atoms with Crippen LogP contribution in [0.15, 0.2) is 97.8 Å². The standard InChI is InChI=1S/C34H36N4/c1-8-34(7)26-19-18-24(32(2,3)4)22-28(26)38-30-29(35-20-21-36-30)37(31(38)33(34,5)6)27-17-13-12-16-25(27)23-14-10-9-11-15-23/h8-22,31H,1H2,2-7H3. The molecule has 0 amide bonds. The van der Waals surface area contributed by atoms with Crippen molar-refractivity contribution < 1.29 is 0 Å². The summed E-state index contributed by atoms with van der Waals surface area (Å²) in [5, 5.41) is 0. The van der Waals surface area contributed by atoms with E-state index in [1.165, 1.54) is 27.9 Å². The van der Waals surface area contributed by atoms with Crippen molar-refractivity contribution in [1.82, 2.24) is 9.97 Å². The summed E-state index contributed by atoms with van der Waals surface area (Å²) in [4.78, 5) is 14.7. The molecule has 2 atom stereocenters. The highest BCUT2D eigenvalue weighted by atomic mass is 15.5. The van der Waals surface area contributed by atoms with Gasteiger partial charge in [-0.3, -0.25) is 0 Å². The van der Waals surface area contributed by atoms with Gasteiger partial charge >= 0.3 is 0 Å². The minimum atomic E-state index is -0.290. The molecule has 0 saturated heterocycles. The molecular formula is C34H36N4. The Balaban J connectivity index is 1.67. The van der Waals surface area contributed by atoms with E-state index in [1.807, 2.05) is 12.4 Å². The van der Waals surface area contributed by atoms with Crippen LogP contribution in [0.3, 0.4) is 0 Å². The van der Waals surface area contributed by atoms with Crippen molar-refractivity contribution in [3.05, 3.63) is 109 Å². The van der Waals surface area contributed by atoms with E-state index in [1.54, 1.807) is 0 Å². The van der Waals surface area contributed by atoms with Crippen molar-refractivity contribution in [1.29, 1.82) is 0 Å². The summed E-state index contributed by atoms with van der Waals surface area (Å²) in [5.74, 6) is 1.78. The van der Waals surface area contributed by atoms with Gasteiger partial charge in [-0.2, -0.15) is 0 Å². The fraction of sp³-hybridized carbons (Fsp3) is 0.294. The molecule has 0 radical (unpaired) electrons. The van der Waals surface area contributed by atoms with Gasteiger partial charge in [0.25, 0.3) is 0 Å². The first-order valence-electron chi connectivity index (χ1n) is 13.4. The molecule has 3 heterocycles. The second-order valence-corrected chi connectivity index (χ2v) is 12.3. The van der Waals surface area contributed by atoms with Crippen molar-refractivity contribution >= 4 is 23.0 Å². The van der Waals surface area contributed by atoms with E-state index in [0.717, 1.165) is 17.3 Å². The highest BCUT2D eigenvalue weighted by molar-refractivity contribution is 5.91. The fourth-order valence-corrected chi connectivity index (χ4v) is 6.32. The minimum Gasteiger partial charge on any atom is -0.301 e. The lowest BCUT2D eigenvalue weighted by molar-refractivity contribution is 0.170. The van der Waals surface area contributed by atoms with E-state index in [0.29, 0.717) is 0 Å². The maximum Gasteiger partial charge on any atom is 0.178 e. The molecule has 0 spiro atoms. The van der Waals surface area contributed by atoms with Crippen molar-refractivity contribution in [2.24, 2.45) is 5.41 Å². The number of allylic oxidation sites excluding steroid dienone is 1. The van der Waals surface area contributed by atoms with Crippen LogP contribution in [0.25, 0.3) is 11.1 Å². The Labute approximate surface area is 226 Å². The average molecular weight is 501 g/mol. The van der Waals surface area contributed by atoms with Gasteiger partial charge in [0.1, 0.15) is 6.17 Å². The Morgan fingerprint density at radius 3 is 2.03 bits per heavy atom. The highest BCUT2D eigenvalue weighted by Gasteiger charge is 2.59. The summed E-state index contributed by atoms with van der Waals surface area (Å²) in [6.45, 7) is 18.2. The fourth-order valence-electron chi connectivity index (χ4n) is 6.32. The lowest BCUT2D eigenvalue weighted by Crippen LogP contribution is -2.60. The molecular weight excluding hydrogens is 464 g/mol. The largest absolute Gasteiger partial charge is 0.301 e. The molecule has 192 valence electrons. The topological polar surface area (TPSA) is 32.3 Å². The first-order chi connectivity index (χ1) is 18.1. The van der Waals surface area contributed by atoms with Crippen LogP contribution >= 0.6 is 0 Å². The zero-order valence-corrected chi connectivity index (χ0v) is 23.2. The molecule has 1 aromatic heterocycles. The highest BCUT2D eigenvalue weighted by Crippen LogP contribution is 2.62. The van der Waals surface area contributed by atoms with Crippen LogP contribution in [0.5, 0.6) is 0 Å². The number of aromatic nitrogens is 2. The summed E-state index contributed by atoms with van der Waals surface area (Å²) < 4.78 is 0. The summed E-state index contributed by atoms with van der Waals surface area (Å²) in [5.41, 5.74) is 6.73. The van der Waals surface area contributed by atoms with Crippen molar-refractivity contribution in [3.8, 4) is 11.1 Å². The predicted molar refractivity (Wildman–Crippen MR) is 158 cm³/mol. The first-order valence-corrected chi connectivity index (χ1v) is 13.4. The van der Waals surface area contributed by atoms with Gasteiger partial charge in [-0.25, -0.2) is 9.97 Å². The Morgan fingerprint density at radius 2 is 1.39 bits per heavy atom. The Hall–Kier alpha value is -3.92. The molecule has 0 saturated carbocycles. The molecule has 2 unspecified atom stereocenters. The number of nitrogens with zero attached hydrogens (tertiary/aromatic N) is 4. The number of hydrogen-bond donors (Lipinski definition) is 0. The van der Waals surface area contributed by atoms with E-state index in [4.69, 9.17) is 9.97 Å². The predicted octanol–water partition coefficient (Wildman–Crippen LogP) is 8.54. The third-order valence-corrected chi connectivity index (χ3v) is 8.93. The lowest BCUT2D eigenvalue weighted by atomic mass is 9.58. The number of para-hydroxylation sites is 1. The number of anilines is 4. The summed E-state index contributed by atoms with van der Waals surface area (Å²) in [7, 11) is 0. The van der Waals surface area contributed by atoms with Gasteiger partial charge in [0.2, 0.25) is 0 Å².